The third kappa shape index (κ3) is 4.40. The second kappa shape index (κ2) is 8.59. The van der Waals surface area contributed by atoms with Gasteiger partial charge in [-0.15, -0.1) is 0 Å². The van der Waals surface area contributed by atoms with Crippen LogP contribution in [-0.4, -0.2) is 43.7 Å². The lowest BCUT2D eigenvalue weighted by atomic mass is 9.86. The highest BCUT2D eigenvalue weighted by Crippen LogP contribution is 2.32. The fourth-order valence-corrected chi connectivity index (χ4v) is 4.24. The Bertz CT molecular complexity index is 1310. The highest BCUT2D eigenvalue weighted by atomic mass is 16.5. The number of fused-ring (bicyclic) bond motifs is 1. The zero-order valence-corrected chi connectivity index (χ0v) is 20.4. The normalized spacial score (nSPS) is 16.3. The van der Waals surface area contributed by atoms with E-state index in [-0.39, 0.29) is 11.5 Å². The molecule has 1 saturated heterocycles. The molecule has 1 fully saturated rings. The summed E-state index contributed by atoms with van der Waals surface area (Å²) in [6, 6.07) is 10.4. The van der Waals surface area contributed by atoms with Crippen molar-refractivity contribution in [3.63, 3.8) is 0 Å². The first kappa shape index (κ1) is 22.1. The summed E-state index contributed by atoms with van der Waals surface area (Å²) in [6.07, 6.45) is 6.24. The summed E-state index contributed by atoms with van der Waals surface area (Å²) in [6.45, 7) is 10.3. The van der Waals surface area contributed by atoms with Crippen LogP contribution in [0.25, 0.3) is 11.2 Å². The number of rotatable bonds is 5. The van der Waals surface area contributed by atoms with E-state index >= 15 is 0 Å². The van der Waals surface area contributed by atoms with E-state index < -0.39 is 0 Å². The molecule has 0 radical (unpaired) electrons. The van der Waals surface area contributed by atoms with Crippen molar-refractivity contribution in [1.29, 1.82) is 0 Å². The van der Waals surface area contributed by atoms with E-state index in [2.05, 4.69) is 66.1 Å². The molecule has 4 aromatic rings. The predicted molar refractivity (Wildman–Crippen MR) is 135 cm³/mol. The van der Waals surface area contributed by atoms with Crippen LogP contribution in [0.3, 0.4) is 0 Å². The van der Waals surface area contributed by atoms with E-state index in [1.54, 1.807) is 18.7 Å². The number of aryl methyl sites for hydroxylation is 2. The van der Waals surface area contributed by atoms with Crippen molar-refractivity contribution in [2.24, 2.45) is 7.05 Å². The highest BCUT2D eigenvalue weighted by Gasteiger charge is 2.27. The minimum atomic E-state index is 0.0572. The summed E-state index contributed by atoms with van der Waals surface area (Å²) in [5, 5.41) is 3.59. The molecule has 0 aliphatic carbocycles. The van der Waals surface area contributed by atoms with Crippen LogP contribution in [0, 0.1) is 6.92 Å². The molecule has 4 heterocycles. The molecule has 1 atom stereocenters. The molecule has 0 amide bonds. The molecule has 0 saturated carbocycles. The molecular formula is C26H31N7O. The van der Waals surface area contributed by atoms with Gasteiger partial charge in [-0.2, -0.15) is 9.97 Å². The summed E-state index contributed by atoms with van der Waals surface area (Å²) in [7, 11) is 1.97. The Balaban J connectivity index is 1.45. The van der Waals surface area contributed by atoms with Gasteiger partial charge in [-0.25, -0.2) is 4.98 Å². The van der Waals surface area contributed by atoms with Crippen molar-refractivity contribution in [2.75, 3.05) is 23.3 Å². The van der Waals surface area contributed by atoms with Crippen molar-refractivity contribution in [2.45, 2.75) is 45.6 Å². The van der Waals surface area contributed by atoms with E-state index in [9.17, 15) is 0 Å². The Morgan fingerprint density at radius 1 is 1.15 bits per heavy atom. The Morgan fingerprint density at radius 3 is 2.76 bits per heavy atom. The quantitative estimate of drug-likeness (QED) is 0.462. The van der Waals surface area contributed by atoms with E-state index in [1.807, 2.05) is 23.7 Å². The number of hydrogen-bond acceptors (Lipinski definition) is 7. The average Bonchev–Trinajstić information content (AvgIpc) is 3.42. The van der Waals surface area contributed by atoms with Gasteiger partial charge in [0.2, 0.25) is 5.95 Å². The van der Waals surface area contributed by atoms with Crippen LogP contribution in [-0.2, 0) is 12.5 Å². The number of nitrogens with zero attached hydrogens (tertiary/aromatic N) is 6. The van der Waals surface area contributed by atoms with E-state index in [0.717, 1.165) is 41.3 Å². The molecule has 176 valence electrons. The van der Waals surface area contributed by atoms with Gasteiger partial charge in [-0.3, -0.25) is 4.98 Å². The number of ether oxygens (including phenoxy) is 1. The number of nitrogens with one attached hydrogen (secondary N) is 1. The zero-order chi connectivity index (χ0) is 23.9. The molecule has 0 spiro atoms. The molecule has 3 aromatic heterocycles. The predicted octanol–water partition coefficient (Wildman–Crippen LogP) is 4.77. The van der Waals surface area contributed by atoms with Gasteiger partial charge in [-0.05, 0) is 41.7 Å². The third-order valence-corrected chi connectivity index (χ3v) is 6.28. The molecule has 1 unspecified atom stereocenters. The first-order valence-electron chi connectivity index (χ1n) is 11.7. The van der Waals surface area contributed by atoms with Gasteiger partial charge in [0.25, 0.3) is 0 Å². The minimum Gasteiger partial charge on any atom is -0.487 e. The molecule has 8 heteroatoms. The summed E-state index contributed by atoms with van der Waals surface area (Å²) in [5.74, 6) is 2.20. The molecule has 1 aromatic carbocycles. The molecule has 5 rings (SSSR count). The van der Waals surface area contributed by atoms with Gasteiger partial charge in [0.15, 0.2) is 11.5 Å². The SMILES string of the molecule is Cc1ccc(C(C)(C)C)cc1Nc1nc(N2CCC(Oc3cccnc3)C2)nc2ncn(C)c12. The standard InChI is InChI=1S/C26H31N7O/c1-17-8-9-18(26(2,3)4)13-21(17)29-24-22-23(28-16-32(22)5)30-25(31-24)33-12-10-20(15-33)34-19-7-6-11-27-14-19/h6-9,11,13-14,16,20H,10,12,15H2,1-5H3,(H,29,30,31). The summed E-state index contributed by atoms with van der Waals surface area (Å²) < 4.78 is 8.07. The van der Waals surface area contributed by atoms with Gasteiger partial charge in [-0.1, -0.05) is 32.9 Å². The Morgan fingerprint density at radius 2 is 2.00 bits per heavy atom. The Labute approximate surface area is 200 Å². The summed E-state index contributed by atoms with van der Waals surface area (Å²) in [4.78, 5) is 20.6. The van der Waals surface area contributed by atoms with Crippen LogP contribution < -0.4 is 15.0 Å². The lowest BCUT2D eigenvalue weighted by Gasteiger charge is -2.22. The van der Waals surface area contributed by atoms with Gasteiger partial charge in [0, 0.05) is 31.9 Å². The maximum atomic E-state index is 6.11. The van der Waals surface area contributed by atoms with Gasteiger partial charge >= 0.3 is 0 Å². The van der Waals surface area contributed by atoms with Crippen LogP contribution >= 0.6 is 0 Å². The van der Waals surface area contributed by atoms with Gasteiger partial charge < -0.3 is 19.5 Å². The Kier molecular flexibility index (Phi) is 5.59. The maximum Gasteiger partial charge on any atom is 0.229 e. The van der Waals surface area contributed by atoms with Gasteiger partial charge in [0.05, 0.1) is 19.1 Å². The van der Waals surface area contributed by atoms with Crippen LogP contribution in [0.15, 0.2) is 49.1 Å². The number of hydrogen-bond donors (Lipinski definition) is 1. The largest absolute Gasteiger partial charge is 0.487 e. The summed E-state index contributed by atoms with van der Waals surface area (Å²) in [5.41, 5.74) is 5.09. The highest BCUT2D eigenvalue weighted by molar-refractivity contribution is 5.87. The Hall–Kier alpha value is -3.68. The van der Waals surface area contributed by atoms with Crippen molar-refractivity contribution < 1.29 is 4.74 Å². The van der Waals surface area contributed by atoms with Crippen molar-refractivity contribution in [3.8, 4) is 5.75 Å². The van der Waals surface area contributed by atoms with Crippen LogP contribution in [0.5, 0.6) is 5.75 Å². The van der Waals surface area contributed by atoms with E-state index in [1.165, 1.54) is 5.56 Å². The molecule has 8 nitrogen and oxygen atoms in total. The minimum absolute atomic E-state index is 0.0572. The summed E-state index contributed by atoms with van der Waals surface area (Å²) >= 11 is 0. The molecule has 1 aliphatic rings. The number of pyridine rings is 1. The first-order valence-corrected chi connectivity index (χ1v) is 11.7. The molecular weight excluding hydrogens is 426 g/mol. The second-order valence-electron chi connectivity index (χ2n) is 9.97. The van der Waals surface area contributed by atoms with Crippen LogP contribution in [0.1, 0.15) is 38.3 Å². The van der Waals surface area contributed by atoms with Gasteiger partial charge in [0.1, 0.15) is 17.4 Å². The van der Waals surface area contributed by atoms with Crippen LogP contribution in [0.4, 0.5) is 17.5 Å². The molecule has 0 bridgehead atoms. The first-order chi connectivity index (χ1) is 16.3. The molecule has 34 heavy (non-hydrogen) atoms. The van der Waals surface area contributed by atoms with E-state index in [4.69, 9.17) is 14.7 Å². The average molecular weight is 458 g/mol. The number of aromatic nitrogens is 5. The maximum absolute atomic E-state index is 6.11. The lowest BCUT2D eigenvalue weighted by molar-refractivity contribution is 0.224. The van der Waals surface area contributed by atoms with Crippen molar-refractivity contribution in [3.05, 3.63) is 60.2 Å². The molecule has 1 N–H and O–H groups in total. The van der Waals surface area contributed by atoms with Crippen LogP contribution in [0.2, 0.25) is 0 Å². The van der Waals surface area contributed by atoms with Crippen molar-refractivity contribution >= 4 is 28.6 Å². The number of anilines is 3. The van der Waals surface area contributed by atoms with Crippen molar-refractivity contribution in [1.82, 2.24) is 24.5 Å². The number of imidazole rings is 1. The lowest BCUT2D eigenvalue weighted by Crippen LogP contribution is -2.26. The fraction of sp³-hybridized carbons (Fsp3) is 0.385. The van der Waals surface area contributed by atoms with E-state index in [0.29, 0.717) is 18.1 Å². The zero-order valence-electron chi connectivity index (χ0n) is 20.4. The molecule has 1 aliphatic heterocycles. The second-order valence-corrected chi connectivity index (χ2v) is 9.97. The smallest absolute Gasteiger partial charge is 0.229 e. The number of benzene rings is 1. The fourth-order valence-electron chi connectivity index (χ4n) is 4.24. The monoisotopic (exact) mass is 457 g/mol. The topological polar surface area (TPSA) is 81.0 Å². The third-order valence-electron chi connectivity index (χ3n) is 6.28.